The summed E-state index contributed by atoms with van der Waals surface area (Å²) in [6.45, 7) is 2.21. The average molecular weight is 251 g/mol. The van der Waals surface area contributed by atoms with E-state index in [1.807, 2.05) is 6.07 Å². The van der Waals surface area contributed by atoms with E-state index in [1.54, 1.807) is 30.0 Å². The number of carbonyl (C=O) groups excluding carboxylic acids is 1. The van der Waals surface area contributed by atoms with E-state index in [9.17, 15) is 9.90 Å². The first-order valence-electron chi connectivity index (χ1n) is 6.18. The summed E-state index contributed by atoms with van der Waals surface area (Å²) in [5.74, 6) is -0.0457. The highest BCUT2D eigenvalue weighted by Gasteiger charge is 1.97. The molecule has 2 nitrogen and oxygen atoms in total. The van der Waals surface area contributed by atoms with E-state index >= 15 is 0 Å². The summed E-state index contributed by atoms with van der Waals surface area (Å²) in [6, 6.07) is 6.97. The van der Waals surface area contributed by atoms with Crippen molar-refractivity contribution in [1.29, 1.82) is 0 Å². The number of benzene rings is 1. The molecule has 0 saturated carbocycles. The maximum Gasteiger partial charge on any atom is 0.0715 e. The van der Waals surface area contributed by atoms with Gasteiger partial charge < -0.3 is 9.90 Å². The molecule has 0 N–H and O–H groups in total. The molecule has 0 spiro atoms. The molecule has 0 aliphatic carbocycles. The van der Waals surface area contributed by atoms with Gasteiger partial charge in [-0.15, -0.1) is 11.8 Å². The molecular weight excluding hydrogens is 232 g/mol. The van der Waals surface area contributed by atoms with Crippen LogP contribution in [-0.4, -0.2) is 11.7 Å². The van der Waals surface area contributed by atoms with Crippen LogP contribution in [0.4, 0.5) is 0 Å². The second-order valence-electron chi connectivity index (χ2n) is 4.08. The van der Waals surface area contributed by atoms with Gasteiger partial charge in [0.15, 0.2) is 0 Å². The number of unbranched alkanes of at least 4 members (excludes halogenated alkanes) is 4. The normalized spacial score (nSPS) is 10.4. The lowest BCUT2D eigenvalue weighted by Gasteiger charge is -2.05. The van der Waals surface area contributed by atoms with E-state index in [2.05, 4.69) is 6.92 Å². The molecule has 0 aliphatic rings. The number of hydrogen-bond donors (Lipinski definition) is 0. The molecule has 0 fully saturated rings. The molecule has 0 heterocycles. The average Bonchev–Trinajstić information content (AvgIpc) is 2.34. The van der Waals surface area contributed by atoms with E-state index in [0.29, 0.717) is 0 Å². The smallest absolute Gasteiger partial charge is 0.0715 e. The summed E-state index contributed by atoms with van der Waals surface area (Å²) in [4.78, 5) is 11.7. The SMILES string of the molecule is CCCCCCCSc1cccc(C(=O)[O-])c1. The van der Waals surface area contributed by atoms with Crippen molar-refractivity contribution in [2.24, 2.45) is 0 Å². The molecule has 0 atom stereocenters. The molecular formula is C14H19O2S-. The first-order chi connectivity index (χ1) is 8.24. The second kappa shape index (κ2) is 8.18. The molecule has 1 aromatic carbocycles. The molecule has 0 unspecified atom stereocenters. The van der Waals surface area contributed by atoms with E-state index in [4.69, 9.17) is 0 Å². The van der Waals surface area contributed by atoms with Crippen LogP contribution in [0.3, 0.4) is 0 Å². The highest BCUT2D eigenvalue weighted by Crippen LogP contribution is 2.20. The molecule has 1 rings (SSSR count). The molecule has 3 heteroatoms. The van der Waals surface area contributed by atoms with Gasteiger partial charge >= 0.3 is 0 Å². The monoisotopic (exact) mass is 251 g/mol. The minimum atomic E-state index is -1.10. The number of thioether (sulfide) groups is 1. The van der Waals surface area contributed by atoms with Crippen LogP contribution in [0.25, 0.3) is 0 Å². The van der Waals surface area contributed by atoms with Gasteiger partial charge in [0.2, 0.25) is 0 Å². The first kappa shape index (κ1) is 14.1. The number of carbonyl (C=O) groups is 1. The van der Waals surface area contributed by atoms with Gasteiger partial charge in [0.05, 0.1) is 5.97 Å². The van der Waals surface area contributed by atoms with Crippen LogP contribution in [0.2, 0.25) is 0 Å². The predicted molar refractivity (Wildman–Crippen MR) is 70.3 cm³/mol. The van der Waals surface area contributed by atoms with E-state index in [-0.39, 0.29) is 5.56 Å². The molecule has 0 bridgehead atoms. The minimum Gasteiger partial charge on any atom is -0.545 e. The Morgan fingerprint density at radius 1 is 1.24 bits per heavy atom. The highest BCUT2D eigenvalue weighted by atomic mass is 32.2. The maximum atomic E-state index is 10.7. The zero-order chi connectivity index (χ0) is 12.5. The largest absolute Gasteiger partial charge is 0.545 e. The fraction of sp³-hybridized carbons (Fsp3) is 0.500. The fourth-order valence-electron chi connectivity index (χ4n) is 1.61. The molecule has 17 heavy (non-hydrogen) atoms. The Bertz CT molecular complexity index is 350. The van der Waals surface area contributed by atoms with Crippen LogP contribution in [0.5, 0.6) is 0 Å². The van der Waals surface area contributed by atoms with Crippen molar-refractivity contribution in [3.8, 4) is 0 Å². The lowest BCUT2D eigenvalue weighted by molar-refractivity contribution is -0.255. The number of hydrogen-bond acceptors (Lipinski definition) is 3. The van der Waals surface area contributed by atoms with Gasteiger partial charge in [-0.2, -0.15) is 0 Å². The highest BCUT2D eigenvalue weighted by molar-refractivity contribution is 7.99. The quantitative estimate of drug-likeness (QED) is 0.526. The summed E-state index contributed by atoms with van der Waals surface area (Å²) in [7, 11) is 0. The zero-order valence-corrected chi connectivity index (χ0v) is 11.1. The second-order valence-corrected chi connectivity index (χ2v) is 5.25. The number of carboxylic acid groups (broad SMARTS) is 1. The Balaban J connectivity index is 2.27. The van der Waals surface area contributed by atoms with Gasteiger partial charge in [-0.05, 0) is 29.9 Å². The lowest BCUT2D eigenvalue weighted by Crippen LogP contribution is -2.22. The minimum absolute atomic E-state index is 0.265. The van der Waals surface area contributed by atoms with Crippen molar-refractivity contribution < 1.29 is 9.90 Å². The van der Waals surface area contributed by atoms with Crippen LogP contribution in [0.1, 0.15) is 49.4 Å². The molecule has 0 saturated heterocycles. The number of aromatic carboxylic acids is 1. The Morgan fingerprint density at radius 3 is 2.71 bits per heavy atom. The van der Waals surface area contributed by atoms with Crippen molar-refractivity contribution >= 4 is 17.7 Å². The molecule has 0 amide bonds. The molecule has 94 valence electrons. The van der Waals surface area contributed by atoms with Crippen LogP contribution < -0.4 is 5.11 Å². The summed E-state index contributed by atoms with van der Waals surface area (Å²) in [5, 5.41) is 10.7. The van der Waals surface area contributed by atoms with Gasteiger partial charge in [-0.1, -0.05) is 44.7 Å². The Morgan fingerprint density at radius 2 is 2.00 bits per heavy atom. The van der Waals surface area contributed by atoms with Crippen molar-refractivity contribution in [2.75, 3.05) is 5.75 Å². The topological polar surface area (TPSA) is 40.1 Å². The zero-order valence-electron chi connectivity index (χ0n) is 10.3. The van der Waals surface area contributed by atoms with Gasteiger partial charge in [-0.25, -0.2) is 0 Å². The third-order valence-electron chi connectivity index (χ3n) is 2.59. The summed E-state index contributed by atoms with van der Waals surface area (Å²) in [6.07, 6.45) is 6.34. The van der Waals surface area contributed by atoms with Gasteiger partial charge in [0, 0.05) is 4.90 Å². The van der Waals surface area contributed by atoms with Crippen molar-refractivity contribution in [1.82, 2.24) is 0 Å². The standard InChI is InChI=1S/C14H20O2S/c1-2-3-4-5-6-10-17-13-9-7-8-12(11-13)14(15)16/h7-9,11H,2-6,10H2,1H3,(H,15,16)/p-1. The van der Waals surface area contributed by atoms with Gasteiger partial charge in [-0.3, -0.25) is 0 Å². The number of carboxylic acids is 1. The lowest BCUT2D eigenvalue weighted by atomic mass is 10.2. The van der Waals surface area contributed by atoms with Gasteiger partial charge in [0.1, 0.15) is 0 Å². The predicted octanol–water partition coefficient (Wildman–Crippen LogP) is 3.11. The van der Waals surface area contributed by atoms with Gasteiger partial charge in [0.25, 0.3) is 0 Å². The Hall–Kier alpha value is -0.960. The van der Waals surface area contributed by atoms with Crippen LogP contribution in [0.15, 0.2) is 29.2 Å². The van der Waals surface area contributed by atoms with Crippen LogP contribution in [0, 0.1) is 0 Å². The van der Waals surface area contributed by atoms with E-state index in [1.165, 1.54) is 32.1 Å². The van der Waals surface area contributed by atoms with Crippen molar-refractivity contribution in [2.45, 2.75) is 43.9 Å². The third-order valence-corrected chi connectivity index (χ3v) is 3.67. The van der Waals surface area contributed by atoms with Crippen molar-refractivity contribution in [3.05, 3.63) is 29.8 Å². The molecule has 0 radical (unpaired) electrons. The van der Waals surface area contributed by atoms with E-state index < -0.39 is 5.97 Å². The summed E-state index contributed by atoms with van der Waals surface area (Å²) < 4.78 is 0. The van der Waals surface area contributed by atoms with Crippen molar-refractivity contribution in [3.63, 3.8) is 0 Å². The fourth-order valence-corrected chi connectivity index (χ4v) is 2.58. The molecule has 0 aromatic heterocycles. The van der Waals surface area contributed by atoms with Crippen LogP contribution >= 0.6 is 11.8 Å². The summed E-state index contributed by atoms with van der Waals surface area (Å²) in [5.41, 5.74) is 0.265. The maximum absolute atomic E-state index is 10.7. The van der Waals surface area contributed by atoms with Crippen LogP contribution in [-0.2, 0) is 0 Å². The number of rotatable bonds is 8. The third kappa shape index (κ3) is 5.78. The Labute approximate surface area is 107 Å². The molecule has 1 aromatic rings. The summed E-state index contributed by atoms with van der Waals surface area (Å²) >= 11 is 1.72. The molecule has 0 aliphatic heterocycles. The van der Waals surface area contributed by atoms with E-state index in [0.717, 1.165) is 10.6 Å². The first-order valence-corrected chi connectivity index (χ1v) is 7.17. The Kier molecular flexibility index (Phi) is 6.78.